The Morgan fingerprint density at radius 2 is 1.56 bits per heavy atom. The van der Waals surface area contributed by atoms with E-state index in [0.29, 0.717) is 28.8 Å². The van der Waals surface area contributed by atoms with Crippen molar-refractivity contribution in [2.24, 2.45) is 35.5 Å². The third-order valence-electron chi connectivity index (χ3n) is 7.82. The fourth-order valence-electron chi connectivity index (χ4n) is 6.17. The summed E-state index contributed by atoms with van der Waals surface area (Å²) < 4.78 is 5.70. The largest absolute Gasteiger partial charge is 0.485 e. The van der Waals surface area contributed by atoms with Crippen molar-refractivity contribution in [2.75, 3.05) is 11.5 Å². The number of amides is 2. The van der Waals surface area contributed by atoms with Crippen LogP contribution in [0.2, 0.25) is 0 Å². The number of aryl methyl sites for hydroxylation is 2. The molecule has 5 heteroatoms. The second-order valence-corrected chi connectivity index (χ2v) is 9.69. The van der Waals surface area contributed by atoms with Gasteiger partial charge in [0.2, 0.25) is 11.8 Å². The van der Waals surface area contributed by atoms with Crippen LogP contribution in [0.15, 0.2) is 54.6 Å². The van der Waals surface area contributed by atoms with Crippen LogP contribution in [0.5, 0.6) is 5.75 Å². The van der Waals surface area contributed by atoms with Gasteiger partial charge in [-0.2, -0.15) is 0 Å². The highest BCUT2D eigenvalue weighted by Gasteiger charge is 2.67. The van der Waals surface area contributed by atoms with E-state index in [2.05, 4.69) is 12.2 Å². The van der Waals surface area contributed by atoms with Gasteiger partial charge in [0.1, 0.15) is 5.75 Å². The molecule has 2 bridgehead atoms. The molecule has 7 rings (SSSR count). The summed E-state index contributed by atoms with van der Waals surface area (Å²) in [5.74, 6) is 1.54. The molecule has 2 saturated carbocycles. The van der Waals surface area contributed by atoms with Crippen LogP contribution in [0.4, 0.5) is 5.69 Å². The van der Waals surface area contributed by atoms with E-state index in [1.54, 1.807) is 24.3 Å². The number of rotatable bonds is 5. The summed E-state index contributed by atoms with van der Waals surface area (Å²) in [7, 11) is 0. The summed E-state index contributed by atoms with van der Waals surface area (Å²) in [5.41, 5.74) is 3.20. The average molecular weight is 428 g/mol. The Morgan fingerprint density at radius 3 is 2.19 bits per heavy atom. The van der Waals surface area contributed by atoms with Gasteiger partial charge >= 0.3 is 0 Å². The van der Waals surface area contributed by atoms with E-state index < -0.39 is 0 Å². The van der Waals surface area contributed by atoms with Crippen LogP contribution >= 0.6 is 0 Å². The second kappa shape index (κ2) is 6.89. The summed E-state index contributed by atoms with van der Waals surface area (Å²) in [6, 6.07) is 12.7. The minimum atomic E-state index is -0.202. The normalized spacial score (nSPS) is 31.5. The molecular weight excluding hydrogens is 402 g/mol. The lowest BCUT2D eigenvalue weighted by Gasteiger charge is -2.37. The smallest absolute Gasteiger partial charge is 0.238 e. The van der Waals surface area contributed by atoms with E-state index in [4.69, 9.17) is 4.74 Å². The molecule has 162 valence electrons. The van der Waals surface area contributed by atoms with Gasteiger partial charge < -0.3 is 4.74 Å². The highest BCUT2D eigenvalue weighted by atomic mass is 16.5. The summed E-state index contributed by atoms with van der Waals surface area (Å²) in [5, 5.41) is 0. The highest BCUT2D eigenvalue weighted by molar-refractivity contribution is 6.22. The summed E-state index contributed by atoms with van der Waals surface area (Å²) >= 11 is 0. The molecule has 5 nitrogen and oxygen atoms in total. The first-order valence-electron chi connectivity index (χ1n) is 11.3. The number of anilines is 1. The Morgan fingerprint density at radius 1 is 0.938 bits per heavy atom. The lowest BCUT2D eigenvalue weighted by molar-refractivity contribution is -0.124. The standard InChI is InChI=1S/C27H25NO4/c1-14-3-4-15(2)20(11-14)23(29)13-32-17-7-5-16(6-8-17)28-26(30)24-18-9-10-19(22-12-21(18)22)25(24)27(28)31/h3-11,18-19,21-22,24-25H,12-13H2,1-2H3. The van der Waals surface area contributed by atoms with Crippen molar-refractivity contribution in [1.29, 1.82) is 0 Å². The van der Waals surface area contributed by atoms with Crippen LogP contribution in [0, 0.1) is 49.4 Å². The molecule has 2 aromatic rings. The van der Waals surface area contributed by atoms with Crippen molar-refractivity contribution in [3.63, 3.8) is 0 Å². The first kappa shape index (κ1) is 19.5. The Bertz CT molecular complexity index is 1140. The molecule has 0 radical (unpaired) electrons. The Labute approximate surface area is 187 Å². The van der Waals surface area contributed by atoms with Gasteiger partial charge in [-0.15, -0.1) is 0 Å². The second-order valence-electron chi connectivity index (χ2n) is 9.69. The number of nitrogens with zero attached hydrogens (tertiary/aromatic N) is 1. The number of allylic oxidation sites excluding steroid dienone is 2. The number of imide groups is 1. The lowest BCUT2D eigenvalue weighted by atomic mass is 9.63. The fraction of sp³-hybridized carbons (Fsp3) is 0.370. The number of hydrogen-bond donors (Lipinski definition) is 0. The van der Waals surface area contributed by atoms with Gasteiger partial charge in [0, 0.05) is 5.56 Å². The van der Waals surface area contributed by atoms with Crippen molar-refractivity contribution in [3.8, 4) is 5.75 Å². The van der Waals surface area contributed by atoms with E-state index >= 15 is 0 Å². The number of carbonyl (C=O) groups excluding carboxylic acids is 3. The van der Waals surface area contributed by atoms with Crippen LogP contribution < -0.4 is 9.64 Å². The van der Waals surface area contributed by atoms with Crippen LogP contribution in [0.3, 0.4) is 0 Å². The molecule has 32 heavy (non-hydrogen) atoms. The molecule has 1 heterocycles. The van der Waals surface area contributed by atoms with Crippen molar-refractivity contribution >= 4 is 23.3 Å². The van der Waals surface area contributed by atoms with Gasteiger partial charge in [-0.25, -0.2) is 0 Å². The van der Waals surface area contributed by atoms with Gasteiger partial charge in [0.05, 0.1) is 17.5 Å². The quantitative estimate of drug-likeness (QED) is 0.409. The molecule has 0 N–H and O–H groups in total. The summed E-state index contributed by atoms with van der Waals surface area (Å²) in [6.07, 6.45) is 5.51. The molecule has 1 aliphatic heterocycles. The van der Waals surface area contributed by atoms with Crippen molar-refractivity contribution in [3.05, 3.63) is 71.3 Å². The lowest BCUT2D eigenvalue weighted by Crippen LogP contribution is -2.40. The van der Waals surface area contributed by atoms with E-state index in [1.807, 2.05) is 32.0 Å². The van der Waals surface area contributed by atoms with E-state index in [1.165, 1.54) is 4.90 Å². The number of hydrogen-bond acceptors (Lipinski definition) is 4. The molecule has 0 spiro atoms. The molecule has 1 saturated heterocycles. The Kier molecular flexibility index (Phi) is 4.19. The van der Waals surface area contributed by atoms with Crippen molar-refractivity contribution in [1.82, 2.24) is 0 Å². The molecule has 4 aliphatic carbocycles. The number of Topliss-reactive ketones (excluding diaryl/α,β-unsaturated/α-hetero) is 1. The zero-order valence-corrected chi connectivity index (χ0v) is 18.2. The van der Waals surface area contributed by atoms with Gasteiger partial charge in [-0.1, -0.05) is 29.8 Å². The van der Waals surface area contributed by atoms with Crippen LogP contribution in [0.1, 0.15) is 27.9 Å². The number of ketones is 1. The third kappa shape index (κ3) is 2.80. The molecule has 6 unspecified atom stereocenters. The maximum absolute atomic E-state index is 13.2. The first-order chi connectivity index (χ1) is 15.4. The van der Waals surface area contributed by atoms with Crippen LogP contribution in [-0.2, 0) is 9.59 Å². The van der Waals surface area contributed by atoms with Gasteiger partial charge in [-0.3, -0.25) is 19.3 Å². The Balaban J connectivity index is 1.16. The molecule has 6 atom stereocenters. The van der Waals surface area contributed by atoms with E-state index in [0.717, 1.165) is 17.5 Å². The molecule has 3 fully saturated rings. The SMILES string of the molecule is Cc1ccc(C)c(C(=O)COc2ccc(N3C(=O)C4C5C=CC(C6CC56)C4C3=O)cc2)c1. The maximum Gasteiger partial charge on any atom is 0.238 e. The third-order valence-corrected chi connectivity index (χ3v) is 7.82. The number of ether oxygens (including phenoxy) is 1. The van der Waals surface area contributed by atoms with Crippen molar-refractivity contribution < 1.29 is 19.1 Å². The van der Waals surface area contributed by atoms with Gasteiger partial charge in [-0.05, 0) is 79.8 Å². The average Bonchev–Trinajstić information content (AvgIpc) is 3.58. The van der Waals surface area contributed by atoms with Gasteiger partial charge in [0.25, 0.3) is 0 Å². The van der Waals surface area contributed by atoms with Gasteiger partial charge in [0.15, 0.2) is 12.4 Å². The predicted molar refractivity (Wildman–Crippen MR) is 119 cm³/mol. The molecule has 2 aromatic carbocycles. The van der Waals surface area contributed by atoms with Crippen LogP contribution in [0.25, 0.3) is 0 Å². The topological polar surface area (TPSA) is 63.7 Å². The maximum atomic E-state index is 13.2. The summed E-state index contributed by atoms with van der Waals surface area (Å²) in [4.78, 5) is 40.4. The zero-order valence-electron chi connectivity index (χ0n) is 18.2. The minimum Gasteiger partial charge on any atom is -0.485 e. The predicted octanol–water partition coefficient (Wildman–Crippen LogP) is 4.12. The van der Waals surface area contributed by atoms with Crippen LogP contribution in [-0.4, -0.2) is 24.2 Å². The van der Waals surface area contributed by atoms with Crippen molar-refractivity contribution in [2.45, 2.75) is 20.3 Å². The minimum absolute atomic E-state index is 0.0623. The fourth-order valence-corrected chi connectivity index (χ4v) is 6.17. The highest BCUT2D eigenvalue weighted by Crippen LogP contribution is 2.65. The Hall–Kier alpha value is -3.21. The summed E-state index contributed by atoms with van der Waals surface area (Å²) in [6.45, 7) is 3.80. The van der Waals surface area contributed by atoms with E-state index in [-0.39, 0.29) is 47.9 Å². The first-order valence-corrected chi connectivity index (χ1v) is 11.3. The molecular formula is C27H25NO4. The number of carbonyl (C=O) groups is 3. The molecule has 0 aromatic heterocycles. The zero-order chi connectivity index (χ0) is 22.1. The van der Waals surface area contributed by atoms with E-state index in [9.17, 15) is 14.4 Å². The molecule has 5 aliphatic rings. The molecule has 2 amide bonds. The number of benzene rings is 2. The monoisotopic (exact) mass is 427 g/mol.